The van der Waals surface area contributed by atoms with Gasteiger partial charge in [0.25, 0.3) is 0 Å². The minimum Gasteiger partial charge on any atom is -0.396 e. The normalized spacial score (nSPS) is 10.3. The molecule has 0 fully saturated rings. The summed E-state index contributed by atoms with van der Waals surface area (Å²) in [5, 5.41) is 11.5. The molecule has 0 aromatic heterocycles. The summed E-state index contributed by atoms with van der Waals surface area (Å²) in [7, 11) is 0. The summed E-state index contributed by atoms with van der Waals surface area (Å²) in [4.78, 5) is 12.7. The van der Waals surface area contributed by atoms with Gasteiger partial charge in [-0.3, -0.25) is 4.79 Å². The fraction of sp³-hybridized carbons (Fsp3) is 0.500. The molecule has 1 rings (SSSR count). The molecule has 1 amide bonds. The Morgan fingerprint density at radius 2 is 2.06 bits per heavy atom. The first kappa shape index (κ1) is 15.1. The van der Waals surface area contributed by atoms with Gasteiger partial charge in [-0.2, -0.15) is 0 Å². The van der Waals surface area contributed by atoms with Crippen molar-refractivity contribution in [2.24, 2.45) is 0 Å². The van der Waals surface area contributed by atoms with E-state index in [0.717, 1.165) is 24.2 Å². The van der Waals surface area contributed by atoms with Gasteiger partial charge >= 0.3 is 0 Å². The Bertz CT molecular complexity index is 369. The first-order valence-corrected chi connectivity index (χ1v) is 7.28. The van der Waals surface area contributed by atoms with E-state index in [4.69, 9.17) is 5.11 Å². The zero-order valence-corrected chi connectivity index (χ0v) is 11.6. The maximum atomic E-state index is 11.6. The van der Waals surface area contributed by atoms with Crippen molar-refractivity contribution in [3.05, 3.63) is 29.8 Å². The Balaban J connectivity index is 2.15. The van der Waals surface area contributed by atoms with E-state index in [1.807, 2.05) is 18.2 Å². The number of benzene rings is 1. The monoisotopic (exact) mass is 267 g/mol. The molecule has 4 heteroatoms. The van der Waals surface area contributed by atoms with E-state index in [2.05, 4.69) is 18.3 Å². The van der Waals surface area contributed by atoms with Crippen LogP contribution in [0.5, 0.6) is 0 Å². The first-order chi connectivity index (χ1) is 8.74. The van der Waals surface area contributed by atoms with Crippen LogP contribution in [0.25, 0.3) is 0 Å². The van der Waals surface area contributed by atoms with Gasteiger partial charge < -0.3 is 10.4 Å². The second-order valence-electron chi connectivity index (χ2n) is 4.19. The van der Waals surface area contributed by atoms with E-state index in [9.17, 15) is 4.79 Å². The lowest BCUT2D eigenvalue weighted by atomic mass is 10.2. The van der Waals surface area contributed by atoms with Crippen LogP contribution in [0, 0.1) is 6.92 Å². The Hall–Kier alpha value is -1.00. The molecular formula is C14H21NO2S. The summed E-state index contributed by atoms with van der Waals surface area (Å²) in [5.74, 6) is 0.539. The molecule has 0 bridgehead atoms. The number of nitrogens with one attached hydrogen (secondary N) is 1. The predicted octanol–water partition coefficient (Wildman–Crippen LogP) is 2.37. The molecule has 0 spiro atoms. The summed E-state index contributed by atoms with van der Waals surface area (Å²) >= 11 is 1.57. The maximum absolute atomic E-state index is 11.6. The van der Waals surface area contributed by atoms with Gasteiger partial charge in [0.15, 0.2) is 0 Å². The largest absolute Gasteiger partial charge is 0.396 e. The molecule has 0 atom stereocenters. The molecule has 0 heterocycles. The highest BCUT2D eigenvalue weighted by Crippen LogP contribution is 2.21. The Kier molecular flexibility index (Phi) is 7.53. The fourth-order valence-electron chi connectivity index (χ4n) is 1.55. The van der Waals surface area contributed by atoms with Crippen LogP contribution >= 0.6 is 11.8 Å². The summed E-state index contributed by atoms with van der Waals surface area (Å²) in [5.41, 5.74) is 1.21. The first-order valence-electron chi connectivity index (χ1n) is 6.30. The molecule has 0 saturated carbocycles. The predicted molar refractivity (Wildman–Crippen MR) is 75.8 cm³/mol. The van der Waals surface area contributed by atoms with Crippen molar-refractivity contribution in [1.82, 2.24) is 5.32 Å². The van der Waals surface area contributed by atoms with Gasteiger partial charge in [0, 0.05) is 18.0 Å². The van der Waals surface area contributed by atoms with Crippen molar-refractivity contribution < 1.29 is 9.90 Å². The van der Waals surface area contributed by atoms with Crippen LogP contribution in [-0.4, -0.2) is 29.9 Å². The van der Waals surface area contributed by atoms with Gasteiger partial charge in [-0.15, -0.1) is 11.8 Å². The van der Waals surface area contributed by atoms with Crippen LogP contribution in [0.2, 0.25) is 0 Å². The highest BCUT2D eigenvalue weighted by molar-refractivity contribution is 8.00. The molecule has 0 aliphatic heterocycles. The molecule has 2 N–H and O–H groups in total. The third-order valence-electron chi connectivity index (χ3n) is 2.61. The van der Waals surface area contributed by atoms with Gasteiger partial charge in [-0.05, 0) is 37.8 Å². The minimum absolute atomic E-state index is 0.0762. The van der Waals surface area contributed by atoms with Crippen LogP contribution in [0.15, 0.2) is 29.2 Å². The Labute approximate surface area is 113 Å². The molecule has 0 saturated heterocycles. The zero-order valence-electron chi connectivity index (χ0n) is 10.8. The van der Waals surface area contributed by atoms with E-state index in [0.29, 0.717) is 12.3 Å². The number of rotatable bonds is 8. The molecule has 0 unspecified atom stereocenters. The number of amides is 1. The summed E-state index contributed by atoms with van der Waals surface area (Å²) < 4.78 is 0. The molecule has 0 aliphatic rings. The molecule has 3 nitrogen and oxygen atoms in total. The van der Waals surface area contributed by atoms with Crippen LogP contribution < -0.4 is 5.32 Å². The molecule has 0 radical (unpaired) electrons. The van der Waals surface area contributed by atoms with Crippen molar-refractivity contribution in [1.29, 1.82) is 0 Å². The maximum Gasteiger partial charge on any atom is 0.230 e. The molecule has 1 aromatic carbocycles. The number of carbonyl (C=O) groups is 1. The lowest BCUT2D eigenvalue weighted by Gasteiger charge is -2.06. The SMILES string of the molecule is Cc1ccccc1SCC(=O)NCCCCCO. The van der Waals surface area contributed by atoms with Crippen molar-refractivity contribution in [2.45, 2.75) is 31.1 Å². The smallest absolute Gasteiger partial charge is 0.230 e. The summed E-state index contributed by atoms with van der Waals surface area (Å²) in [6, 6.07) is 8.08. The van der Waals surface area contributed by atoms with Gasteiger partial charge in [-0.1, -0.05) is 18.2 Å². The molecule has 100 valence electrons. The Morgan fingerprint density at radius 3 is 2.78 bits per heavy atom. The van der Waals surface area contributed by atoms with Crippen LogP contribution in [-0.2, 0) is 4.79 Å². The number of aryl methyl sites for hydroxylation is 1. The third-order valence-corrected chi connectivity index (χ3v) is 3.79. The van der Waals surface area contributed by atoms with E-state index in [1.165, 1.54) is 5.56 Å². The van der Waals surface area contributed by atoms with Crippen LogP contribution in [0.3, 0.4) is 0 Å². The Morgan fingerprint density at radius 1 is 1.28 bits per heavy atom. The molecule has 0 aliphatic carbocycles. The zero-order chi connectivity index (χ0) is 13.2. The quantitative estimate of drug-likeness (QED) is 0.561. The van der Waals surface area contributed by atoms with Gasteiger partial charge in [0.1, 0.15) is 0 Å². The van der Waals surface area contributed by atoms with E-state index >= 15 is 0 Å². The number of aliphatic hydroxyl groups is 1. The molecule has 18 heavy (non-hydrogen) atoms. The summed E-state index contributed by atoms with van der Waals surface area (Å²) in [6.45, 7) is 2.99. The van der Waals surface area contributed by atoms with Gasteiger partial charge in [0.2, 0.25) is 5.91 Å². The lowest BCUT2D eigenvalue weighted by molar-refractivity contribution is -0.118. The third kappa shape index (κ3) is 6.07. The van der Waals surface area contributed by atoms with Gasteiger partial charge in [0.05, 0.1) is 5.75 Å². The van der Waals surface area contributed by atoms with Crippen LogP contribution in [0.4, 0.5) is 0 Å². The second kappa shape index (κ2) is 9.00. The number of carbonyl (C=O) groups excluding carboxylic acids is 1. The summed E-state index contributed by atoms with van der Waals surface area (Å²) in [6.07, 6.45) is 2.71. The van der Waals surface area contributed by atoms with Gasteiger partial charge in [-0.25, -0.2) is 0 Å². The van der Waals surface area contributed by atoms with Crippen molar-refractivity contribution in [2.75, 3.05) is 18.9 Å². The fourth-order valence-corrected chi connectivity index (χ4v) is 2.41. The number of aliphatic hydroxyl groups excluding tert-OH is 1. The van der Waals surface area contributed by atoms with E-state index in [1.54, 1.807) is 11.8 Å². The standard InChI is InChI=1S/C14H21NO2S/c1-12-7-3-4-8-13(12)18-11-14(17)15-9-5-2-6-10-16/h3-4,7-8,16H,2,5-6,9-11H2,1H3,(H,15,17). The number of thioether (sulfide) groups is 1. The average Bonchev–Trinajstić information content (AvgIpc) is 2.37. The molecule has 1 aromatic rings. The van der Waals surface area contributed by atoms with Crippen molar-refractivity contribution in [3.63, 3.8) is 0 Å². The highest BCUT2D eigenvalue weighted by atomic mass is 32.2. The molecular weight excluding hydrogens is 246 g/mol. The number of hydrogen-bond acceptors (Lipinski definition) is 3. The van der Waals surface area contributed by atoms with Crippen molar-refractivity contribution >= 4 is 17.7 Å². The average molecular weight is 267 g/mol. The topological polar surface area (TPSA) is 49.3 Å². The number of hydrogen-bond donors (Lipinski definition) is 2. The minimum atomic E-state index is 0.0762. The van der Waals surface area contributed by atoms with E-state index < -0.39 is 0 Å². The lowest BCUT2D eigenvalue weighted by Crippen LogP contribution is -2.26. The van der Waals surface area contributed by atoms with Crippen molar-refractivity contribution in [3.8, 4) is 0 Å². The second-order valence-corrected chi connectivity index (χ2v) is 5.21. The van der Waals surface area contributed by atoms with Crippen LogP contribution in [0.1, 0.15) is 24.8 Å². The highest BCUT2D eigenvalue weighted by Gasteiger charge is 2.03. The number of unbranched alkanes of at least 4 members (excludes halogenated alkanes) is 2. The van der Waals surface area contributed by atoms with E-state index in [-0.39, 0.29) is 12.5 Å².